The van der Waals surface area contributed by atoms with E-state index in [1.165, 1.54) is 0 Å². The van der Waals surface area contributed by atoms with Crippen LogP contribution in [0.1, 0.15) is 52.0 Å². The van der Waals surface area contributed by atoms with E-state index in [0.717, 1.165) is 36.9 Å². The highest BCUT2D eigenvalue weighted by molar-refractivity contribution is 5.90. The minimum atomic E-state index is -0.444. The molecular formula is C17H26N2O2. The molecule has 0 atom stereocenters. The van der Waals surface area contributed by atoms with Crippen LogP contribution >= 0.6 is 0 Å². The second-order valence-electron chi connectivity index (χ2n) is 7.02. The molecule has 0 saturated heterocycles. The Labute approximate surface area is 126 Å². The van der Waals surface area contributed by atoms with E-state index in [4.69, 9.17) is 0 Å². The number of nitrogens with one attached hydrogen (secondary N) is 2. The number of carbonyl (C=O) groups is 1. The number of aliphatic hydroxyl groups excluding tert-OH is 1. The quantitative estimate of drug-likeness (QED) is 0.799. The number of aliphatic hydroxyl groups is 1. The van der Waals surface area contributed by atoms with Crippen LogP contribution in [0.2, 0.25) is 0 Å². The molecule has 0 spiro atoms. The SMILES string of the molecule is CC(C)(C)c1ccccc1NC(=O)NC1(CO)CCCC1. The van der Waals surface area contributed by atoms with Crippen molar-refractivity contribution in [1.29, 1.82) is 0 Å². The number of benzene rings is 1. The van der Waals surface area contributed by atoms with E-state index >= 15 is 0 Å². The van der Waals surface area contributed by atoms with Crippen LogP contribution in [0.5, 0.6) is 0 Å². The van der Waals surface area contributed by atoms with Gasteiger partial charge in [0, 0.05) is 5.69 Å². The average molecular weight is 290 g/mol. The fraction of sp³-hybridized carbons (Fsp3) is 0.588. The number of rotatable bonds is 3. The average Bonchev–Trinajstić information content (AvgIpc) is 2.87. The van der Waals surface area contributed by atoms with Crippen LogP contribution in [0.15, 0.2) is 24.3 Å². The maximum atomic E-state index is 12.3. The summed E-state index contributed by atoms with van der Waals surface area (Å²) in [5, 5.41) is 15.5. The zero-order valence-electron chi connectivity index (χ0n) is 13.2. The van der Waals surface area contributed by atoms with Crippen LogP contribution in [-0.4, -0.2) is 23.3 Å². The Hall–Kier alpha value is -1.55. The second kappa shape index (κ2) is 6.06. The van der Waals surface area contributed by atoms with Crippen molar-refractivity contribution in [2.75, 3.05) is 11.9 Å². The lowest BCUT2D eigenvalue weighted by molar-refractivity contribution is 0.167. The van der Waals surface area contributed by atoms with Crippen LogP contribution in [0.3, 0.4) is 0 Å². The zero-order chi connectivity index (χ0) is 15.5. The molecule has 4 heteroatoms. The Kier molecular flexibility index (Phi) is 4.57. The number of amides is 2. The van der Waals surface area contributed by atoms with E-state index in [-0.39, 0.29) is 18.1 Å². The number of carbonyl (C=O) groups excluding carboxylic acids is 1. The Bertz CT molecular complexity index is 500. The molecule has 0 aliphatic heterocycles. The first-order valence-corrected chi connectivity index (χ1v) is 7.66. The number of para-hydroxylation sites is 1. The summed E-state index contributed by atoms with van der Waals surface area (Å²) in [5.74, 6) is 0. The van der Waals surface area contributed by atoms with Gasteiger partial charge in [-0.2, -0.15) is 0 Å². The highest BCUT2D eigenvalue weighted by Crippen LogP contribution is 2.31. The molecule has 1 fully saturated rings. The molecule has 0 bridgehead atoms. The molecule has 0 aromatic heterocycles. The van der Waals surface area contributed by atoms with Gasteiger partial charge in [-0.3, -0.25) is 0 Å². The molecule has 2 amide bonds. The number of hydrogen-bond donors (Lipinski definition) is 3. The lowest BCUT2D eigenvalue weighted by Crippen LogP contribution is -2.50. The molecule has 4 nitrogen and oxygen atoms in total. The monoisotopic (exact) mass is 290 g/mol. The third kappa shape index (κ3) is 3.76. The normalized spacial score (nSPS) is 17.5. The van der Waals surface area contributed by atoms with E-state index in [0.29, 0.717) is 0 Å². The molecule has 116 valence electrons. The Morgan fingerprint density at radius 3 is 2.43 bits per heavy atom. The fourth-order valence-corrected chi connectivity index (χ4v) is 3.01. The fourth-order valence-electron chi connectivity index (χ4n) is 3.01. The largest absolute Gasteiger partial charge is 0.394 e. The van der Waals surface area contributed by atoms with Crippen LogP contribution in [0.25, 0.3) is 0 Å². The zero-order valence-corrected chi connectivity index (χ0v) is 13.2. The Morgan fingerprint density at radius 2 is 1.86 bits per heavy atom. The van der Waals surface area contributed by atoms with Gasteiger partial charge in [0.2, 0.25) is 0 Å². The van der Waals surface area contributed by atoms with Crippen molar-refractivity contribution in [3.05, 3.63) is 29.8 Å². The maximum Gasteiger partial charge on any atom is 0.319 e. The third-order valence-electron chi connectivity index (χ3n) is 4.23. The van der Waals surface area contributed by atoms with Gasteiger partial charge in [-0.05, 0) is 29.9 Å². The van der Waals surface area contributed by atoms with Crippen LogP contribution in [-0.2, 0) is 5.41 Å². The number of urea groups is 1. The van der Waals surface area contributed by atoms with Crippen LogP contribution in [0, 0.1) is 0 Å². The molecule has 1 aliphatic carbocycles. The van der Waals surface area contributed by atoms with Gasteiger partial charge in [0.25, 0.3) is 0 Å². The minimum Gasteiger partial charge on any atom is -0.394 e. The van der Waals surface area contributed by atoms with Crippen molar-refractivity contribution in [1.82, 2.24) is 5.32 Å². The van der Waals surface area contributed by atoms with E-state index < -0.39 is 5.54 Å². The van der Waals surface area contributed by atoms with Crippen molar-refractivity contribution in [2.24, 2.45) is 0 Å². The van der Waals surface area contributed by atoms with Crippen LogP contribution in [0.4, 0.5) is 10.5 Å². The Morgan fingerprint density at radius 1 is 1.24 bits per heavy atom. The summed E-state index contributed by atoms with van der Waals surface area (Å²) in [5.41, 5.74) is 1.45. The van der Waals surface area contributed by atoms with E-state index in [1.54, 1.807) is 0 Å². The van der Waals surface area contributed by atoms with Crippen molar-refractivity contribution in [3.8, 4) is 0 Å². The predicted molar refractivity (Wildman–Crippen MR) is 85.6 cm³/mol. The molecule has 2 rings (SSSR count). The highest BCUT2D eigenvalue weighted by Gasteiger charge is 2.34. The van der Waals surface area contributed by atoms with Gasteiger partial charge in [0.05, 0.1) is 12.1 Å². The van der Waals surface area contributed by atoms with Crippen molar-refractivity contribution >= 4 is 11.7 Å². The summed E-state index contributed by atoms with van der Waals surface area (Å²) in [6.45, 7) is 6.37. The molecule has 1 aromatic carbocycles. The summed E-state index contributed by atoms with van der Waals surface area (Å²) in [4.78, 5) is 12.3. The molecule has 21 heavy (non-hydrogen) atoms. The van der Waals surface area contributed by atoms with Crippen molar-refractivity contribution < 1.29 is 9.90 Å². The summed E-state index contributed by atoms with van der Waals surface area (Å²) >= 11 is 0. The van der Waals surface area contributed by atoms with E-state index in [1.807, 2.05) is 24.3 Å². The number of anilines is 1. The van der Waals surface area contributed by atoms with Crippen molar-refractivity contribution in [3.63, 3.8) is 0 Å². The second-order valence-corrected chi connectivity index (χ2v) is 7.02. The minimum absolute atomic E-state index is 0.00133. The molecular weight excluding hydrogens is 264 g/mol. The third-order valence-corrected chi connectivity index (χ3v) is 4.23. The van der Waals surface area contributed by atoms with Gasteiger partial charge < -0.3 is 15.7 Å². The summed E-state index contributed by atoms with van der Waals surface area (Å²) < 4.78 is 0. The maximum absolute atomic E-state index is 12.3. The number of hydrogen-bond acceptors (Lipinski definition) is 2. The first-order valence-electron chi connectivity index (χ1n) is 7.66. The topological polar surface area (TPSA) is 61.4 Å². The first-order chi connectivity index (χ1) is 9.86. The molecule has 3 N–H and O–H groups in total. The van der Waals surface area contributed by atoms with Gasteiger partial charge in [-0.1, -0.05) is 51.8 Å². The van der Waals surface area contributed by atoms with Gasteiger partial charge in [0.15, 0.2) is 0 Å². The van der Waals surface area contributed by atoms with Gasteiger partial charge in [-0.15, -0.1) is 0 Å². The first kappa shape index (κ1) is 15.8. The summed E-state index contributed by atoms with van der Waals surface area (Å²) in [7, 11) is 0. The van der Waals surface area contributed by atoms with Crippen LogP contribution < -0.4 is 10.6 Å². The summed E-state index contributed by atoms with van der Waals surface area (Å²) in [6.07, 6.45) is 3.80. The molecule has 0 heterocycles. The van der Waals surface area contributed by atoms with Crippen molar-refractivity contribution in [2.45, 2.75) is 57.4 Å². The van der Waals surface area contributed by atoms with E-state index in [9.17, 15) is 9.90 Å². The lowest BCUT2D eigenvalue weighted by Gasteiger charge is -2.29. The van der Waals surface area contributed by atoms with Gasteiger partial charge >= 0.3 is 6.03 Å². The standard InChI is InChI=1S/C17H26N2O2/c1-16(2,3)13-8-4-5-9-14(13)18-15(21)19-17(12-20)10-6-7-11-17/h4-5,8-9,20H,6-7,10-12H2,1-3H3,(H2,18,19,21). The van der Waals surface area contributed by atoms with Gasteiger partial charge in [-0.25, -0.2) is 4.79 Å². The highest BCUT2D eigenvalue weighted by atomic mass is 16.3. The lowest BCUT2D eigenvalue weighted by atomic mass is 9.86. The predicted octanol–water partition coefficient (Wildman–Crippen LogP) is 3.41. The Balaban J connectivity index is 2.10. The summed E-state index contributed by atoms with van der Waals surface area (Å²) in [6, 6.07) is 7.62. The molecule has 0 radical (unpaired) electrons. The smallest absolute Gasteiger partial charge is 0.319 e. The molecule has 0 unspecified atom stereocenters. The van der Waals surface area contributed by atoms with E-state index in [2.05, 4.69) is 31.4 Å². The van der Waals surface area contributed by atoms with Gasteiger partial charge in [0.1, 0.15) is 0 Å². The molecule has 1 saturated carbocycles. The molecule has 1 aliphatic rings. The molecule has 1 aromatic rings.